The van der Waals surface area contributed by atoms with Gasteiger partial charge in [0.2, 0.25) is 5.91 Å². The number of amides is 2. The molecule has 3 aromatic rings. The molecule has 0 bridgehead atoms. The van der Waals surface area contributed by atoms with E-state index in [9.17, 15) is 19.7 Å². The molecule has 0 aliphatic carbocycles. The summed E-state index contributed by atoms with van der Waals surface area (Å²) in [6, 6.07) is 17.2. The van der Waals surface area contributed by atoms with E-state index in [1.807, 2.05) is 0 Å². The molecule has 0 aromatic heterocycles. The van der Waals surface area contributed by atoms with Gasteiger partial charge < -0.3 is 14.2 Å². The number of hydroxylamine groups is 1. The summed E-state index contributed by atoms with van der Waals surface area (Å²) >= 11 is 0. The highest BCUT2D eigenvalue weighted by atomic mass is 16.7. The van der Waals surface area contributed by atoms with E-state index in [1.165, 1.54) is 31.4 Å². The number of nitrogens with zero attached hydrogens (tertiary/aromatic N) is 3. The van der Waals surface area contributed by atoms with Crippen molar-refractivity contribution in [1.29, 1.82) is 0 Å². The first-order valence-corrected chi connectivity index (χ1v) is 11.9. The zero-order valence-corrected chi connectivity index (χ0v) is 20.9. The fourth-order valence-corrected chi connectivity index (χ4v) is 4.97. The third-order valence-electron chi connectivity index (χ3n) is 6.58. The van der Waals surface area contributed by atoms with Crippen LogP contribution < -0.4 is 24.2 Å². The Labute approximate surface area is 218 Å². The third kappa shape index (κ3) is 3.97. The van der Waals surface area contributed by atoms with Crippen LogP contribution >= 0.6 is 0 Å². The van der Waals surface area contributed by atoms with E-state index in [1.54, 1.807) is 61.5 Å². The first-order chi connectivity index (χ1) is 18.4. The zero-order chi connectivity index (χ0) is 27.0. The van der Waals surface area contributed by atoms with Crippen molar-refractivity contribution >= 4 is 28.9 Å². The Morgan fingerprint density at radius 3 is 2.24 bits per heavy atom. The molecular formula is C27H25N3O8. The van der Waals surface area contributed by atoms with Crippen molar-refractivity contribution in [2.75, 3.05) is 30.8 Å². The van der Waals surface area contributed by atoms with E-state index in [0.717, 1.165) is 4.90 Å². The van der Waals surface area contributed by atoms with E-state index >= 15 is 0 Å². The van der Waals surface area contributed by atoms with Crippen molar-refractivity contribution in [3.63, 3.8) is 0 Å². The maximum atomic E-state index is 14.0. The quantitative estimate of drug-likeness (QED) is 0.246. The minimum absolute atomic E-state index is 0.144. The van der Waals surface area contributed by atoms with Crippen LogP contribution in [0.5, 0.6) is 17.2 Å². The molecule has 196 valence electrons. The molecule has 0 unspecified atom stereocenters. The Morgan fingerprint density at radius 2 is 1.58 bits per heavy atom. The lowest BCUT2D eigenvalue weighted by Crippen LogP contribution is -2.37. The van der Waals surface area contributed by atoms with Gasteiger partial charge in [-0.25, -0.2) is 9.96 Å². The van der Waals surface area contributed by atoms with Crippen LogP contribution in [0.2, 0.25) is 0 Å². The molecule has 11 heteroatoms. The van der Waals surface area contributed by atoms with Crippen molar-refractivity contribution in [3.8, 4) is 17.2 Å². The van der Waals surface area contributed by atoms with Crippen LogP contribution in [-0.4, -0.2) is 43.7 Å². The number of benzene rings is 3. The van der Waals surface area contributed by atoms with Gasteiger partial charge in [-0.2, -0.15) is 0 Å². The number of carbonyl (C=O) groups excluding carboxylic acids is 2. The van der Waals surface area contributed by atoms with Gasteiger partial charge >= 0.3 is 0 Å². The highest BCUT2D eigenvalue weighted by Crippen LogP contribution is 2.51. The van der Waals surface area contributed by atoms with Crippen molar-refractivity contribution < 1.29 is 33.6 Å². The Morgan fingerprint density at radius 1 is 0.921 bits per heavy atom. The summed E-state index contributed by atoms with van der Waals surface area (Å²) < 4.78 is 16.4. The molecule has 0 radical (unpaired) electrons. The highest BCUT2D eigenvalue weighted by molar-refractivity contribution is 6.24. The molecule has 2 fully saturated rings. The standard InChI is InChI=1S/C27H25N3O8/c1-4-37-20-13-9-8-12-18(20)28-26(31)23-24(17-14-21(35-2)22(36-3)15-19(17)30(33)34)29(38-25(23)27(28)32)16-10-6-5-7-11-16/h5-15,23-25H,4H2,1-3H3/t23-,24-,25-/m0/s1. The Bertz CT molecular complexity index is 1400. The van der Waals surface area contributed by atoms with Crippen molar-refractivity contribution in [2.24, 2.45) is 5.92 Å². The number of para-hydroxylation sites is 3. The van der Waals surface area contributed by atoms with Crippen LogP contribution in [0.3, 0.4) is 0 Å². The topological polar surface area (TPSA) is 121 Å². The predicted octanol–water partition coefficient (Wildman–Crippen LogP) is 4.06. The van der Waals surface area contributed by atoms with Crippen LogP contribution in [0.4, 0.5) is 17.1 Å². The second kappa shape index (κ2) is 10.0. The Hall–Kier alpha value is -4.64. The predicted molar refractivity (Wildman–Crippen MR) is 136 cm³/mol. The molecule has 3 aromatic carbocycles. The summed E-state index contributed by atoms with van der Waals surface area (Å²) in [5, 5.41) is 13.6. The van der Waals surface area contributed by atoms with Crippen molar-refractivity contribution in [1.82, 2.24) is 0 Å². The van der Waals surface area contributed by atoms with E-state index in [-0.39, 0.29) is 28.4 Å². The molecule has 3 atom stereocenters. The van der Waals surface area contributed by atoms with Gasteiger partial charge in [-0.1, -0.05) is 30.3 Å². The van der Waals surface area contributed by atoms with Crippen molar-refractivity contribution in [2.45, 2.75) is 19.1 Å². The number of anilines is 2. The second-order valence-corrected chi connectivity index (χ2v) is 8.59. The van der Waals surface area contributed by atoms with Crippen LogP contribution in [0.1, 0.15) is 18.5 Å². The number of nitro benzene ring substituents is 1. The average molecular weight is 520 g/mol. The molecule has 5 rings (SSSR count). The molecule has 2 aliphatic rings. The van der Waals surface area contributed by atoms with Gasteiger partial charge in [0.1, 0.15) is 17.7 Å². The van der Waals surface area contributed by atoms with Gasteiger partial charge in [0.25, 0.3) is 11.6 Å². The number of methoxy groups -OCH3 is 2. The number of hydrogen-bond donors (Lipinski definition) is 0. The molecule has 11 nitrogen and oxygen atoms in total. The number of nitro groups is 1. The summed E-state index contributed by atoms with van der Waals surface area (Å²) in [6.07, 6.45) is -1.21. The Balaban J connectivity index is 1.68. The van der Waals surface area contributed by atoms with E-state index in [0.29, 0.717) is 18.0 Å². The highest BCUT2D eigenvalue weighted by Gasteiger charge is 2.61. The minimum atomic E-state index is -1.21. The molecule has 2 heterocycles. The fourth-order valence-electron chi connectivity index (χ4n) is 4.97. The average Bonchev–Trinajstić information content (AvgIpc) is 3.44. The van der Waals surface area contributed by atoms with Crippen LogP contribution in [-0.2, 0) is 14.4 Å². The zero-order valence-electron chi connectivity index (χ0n) is 20.9. The number of hydrogen-bond acceptors (Lipinski definition) is 9. The molecule has 2 amide bonds. The summed E-state index contributed by atoms with van der Waals surface area (Å²) in [5.74, 6) is -1.47. The maximum Gasteiger partial charge on any atom is 0.278 e. The SMILES string of the molecule is CCOc1ccccc1N1C(=O)[C@@H]2[C@H](ON(c3ccccc3)[C@H]2c2cc(OC)c(OC)cc2[N+](=O)[O-])C1=O. The lowest BCUT2D eigenvalue weighted by Gasteiger charge is -2.29. The van der Waals surface area contributed by atoms with Crippen LogP contribution in [0, 0.1) is 16.0 Å². The van der Waals surface area contributed by atoms with Gasteiger partial charge in [-0.3, -0.25) is 24.5 Å². The van der Waals surface area contributed by atoms with Gasteiger partial charge in [-0.05, 0) is 37.3 Å². The first kappa shape index (κ1) is 25.0. The Kier molecular flexibility index (Phi) is 6.60. The molecule has 2 aliphatic heterocycles. The molecule has 0 spiro atoms. The third-order valence-corrected chi connectivity index (χ3v) is 6.58. The van der Waals surface area contributed by atoms with Gasteiger partial charge in [0.05, 0.1) is 48.8 Å². The number of imide groups is 1. The summed E-state index contributed by atoms with van der Waals surface area (Å²) in [5.41, 5.74) is 0.656. The lowest BCUT2D eigenvalue weighted by atomic mass is 9.89. The molecule has 2 saturated heterocycles. The summed E-state index contributed by atoms with van der Waals surface area (Å²) in [4.78, 5) is 46.5. The summed E-state index contributed by atoms with van der Waals surface area (Å²) in [7, 11) is 2.78. The monoisotopic (exact) mass is 519 g/mol. The lowest BCUT2D eigenvalue weighted by molar-refractivity contribution is -0.385. The van der Waals surface area contributed by atoms with Crippen LogP contribution in [0.15, 0.2) is 66.7 Å². The first-order valence-electron chi connectivity index (χ1n) is 11.9. The van der Waals surface area contributed by atoms with E-state index < -0.39 is 34.8 Å². The van der Waals surface area contributed by atoms with Crippen molar-refractivity contribution in [3.05, 3.63) is 82.4 Å². The fraction of sp³-hybridized carbons (Fsp3) is 0.259. The molecular weight excluding hydrogens is 494 g/mol. The molecule has 38 heavy (non-hydrogen) atoms. The normalized spacial score (nSPS) is 20.4. The number of carbonyl (C=O) groups is 2. The second-order valence-electron chi connectivity index (χ2n) is 8.59. The van der Waals surface area contributed by atoms with E-state index in [2.05, 4.69) is 0 Å². The minimum Gasteiger partial charge on any atom is -0.493 e. The van der Waals surface area contributed by atoms with Gasteiger partial charge in [0.15, 0.2) is 17.6 Å². The largest absolute Gasteiger partial charge is 0.493 e. The maximum absolute atomic E-state index is 14.0. The molecule has 0 N–H and O–H groups in total. The van der Waals surface area contributed by atoms with Gasteiger partial charge in [0, 0.05) is 0 Å². The molecule has 0 saturated carbocycles. The number of ether oxygens (including phenoxy) is 3. The van der Waals surface area contributed by atoms with Crippen LogP contribution in [0.25, 0.3) is 0 Å². The van der Waals surface area contributed by atoms with Gasteiger partial charge in [-0.15, -0.1) is 0 Å². The summed E-state index contributed by atoms with van der Waals surface area (Å²) in [6.45, 7) is 2.13. The number of rotatable bonds is 8. The smallest absolute Gasteiger partial charge is 0.278 e. The number of fused-ring (bicyclic) bond motifs is 1. The van der Waals surface area contributed by atoms with E-state index in [4.69, 9.17) is 19.0 Å².